The lowest BCUT2D eigenvalue weighted by Crippen LogP contribution is -2.24. The molecule has 1 atom stereocenters. The molecule has 2 aromatic carbocycles. The van der Waals surface area contributed by atoms with Crippen molar-refractivity contribution in [3.8, 4) is 5.75 Å². The van der Waals surface area contributed by atoms with Crippen LogP contribution in [0.3, 0.4) is 0 Å². The van der Waals surface area contributed by atoms with Gasteiger partial charge in [-0.1, -0.05) is 24.3 Å². The van der Waals surface area contributed by atoms with E-state index < -0.39 is 18.2 Å². The van der Waals surface area contributed by atoms with Crippen LogP contribution < -0.4 is 4.74 Å². The van der Waals surface area contributed by atoms with Crippen LogP contribution >= 0.6 is 0 Å². The SMILES string of the molecule is C[C@@H](c1ccccc1OC(F)F)n1ccc2c(C(=O)OC(C)(C)C)cccc21. The Hall–Kier alpha value is -2.89. The minimum atomic E-state index is -2.89. The van der Waals surface area contributed by atoms with Gasteiger partial charge >= 0.3 is 12.6 Å². The van der Waals surface area contributed by atoms with E-state index in [4.69, 9.17) is 4.74 Å². The Morgan fingerprint density at radius 2 is 1.75 bits per heavy atom. The quantitative estimate of drug-likeness (QED) is 0.519. The topological polar surface area (TPSA) is 40.5 Å². The van der Waals surface area contributed by atoms with Crippen molar-refractivity contribution < 1.29 is 23.0 Å². The van der Waals surface area contributed by atoms with Crippen molar-refractivity contribution >= 4 is 16.9 Å². The number of alkyl halides is 2. The number of carbonyl (C=O) groups is 1. The van der Waals surface area contributed by atoms with Crippen LogP contribution in [0.1, 0.15) is 49.7 Å². The van der Waals surface area contributed by atoms with Crippen LogP contribution in [0.15, 0.2) is 54.7 Å². The van der Waals surface area contributed by atoms with Gasteiger partial charge < -0.3 is 14.0 Å². The van der Waals surface area contributed by atoms with E-state index in [2.05, 4.69) is 4.74 Å². The summed E-state index contributed by atoms with van der Waals surface area (Å²) in [5.41, 5.74) is 1.31. The standard InChI is InChI=1S/C22H23F2NO3/c1-14(15-8-5-6-11-19(15)27-21(23)24)25-13-12-16-17(9-7-10-18(16)25)20(26)28-22(2,3)4/h5-14,21H,1-4H3/t14-/m0/s1. The van der Waals surface area contributed by atoms with Crippen molar-refractivity contribution in [2.24, 2.45) is 0 Å². The van der Waals surface area contributed by atoms with Crippen molar-refractivity contribution in [1.82, 2.24) is 4.57 Å². The highest BCUT2D eigenvalue weighted by molar-refractivity contribution is 6.04. The van der Waals surface area contributed by atoms with Gasteiger partial charge in [-0.15, -0.1) is 0 Å². The van der Waals surface area contributed by atoms with Gasteiger partial charge in [0.2, 0.25) is 0 Å². The van der Waals surface area contributed by atoms with E-state index >= 15 is 0 Å². The fourth-order valence-corrected chi connectivity index (χ4v) is 3.22. The molecular formula is C22H23F2NO3. The molecule has 3 aromatic rings. The molecule has 0 bridgehead atoms. The smallest absolute Gasteiger partial charge is 0.387 e. The van der Waals surface area contributed by atoms with E-state index in [9.17, 15) is 13.6 Å². The van der Waals surface area contributed by atoms with Crippen molar-refractivity contribution in [2.45, 2.75) is 45.9 Å². The molecule has 6 heteroatoms. The molecule has 0 radical (unpaired) electrons. The van der Waals surface area contributed by atoms with Gasteiger partial charge in [-0.25, -0.2) is 4.79 Å². The number of aromatic nitrogens is 1. The summed E-state index contributed by atoms with van der Waals surface area (Å²) in [6.07, 6.45) is 1.84. The van der Waals surface area contributed by atoms with Crippen molar-refractivity contribution in [1.29, 1.82) is 0 Å². The lowest BCUT2D eigenvalue weighted by molar-refractivity contribution is -0.0506. The Morgan fingerprint density at radius 1 is 1.04 bits per heavy atom. The second-order valence-electron chi connectivity index (χ2n) is 7.56. The zero-order chi connectivity index (χ0) is 20.5. The summed E-state index contributed by atoms with van der Waals surface area (Å²) in [5.74, 6) is -0.264. The number of para-hydroxylation sites is 1. The first-order chi connectivity index (χ1) is 13.2. The highest BCUT2D eigenvalue weighted by Gasteiger charge is 2.22. The summed E-state index contributed by atoms with van der Waals surface area (Å²) >= 11 is 0. The van der Waals surface area contributed by atoms with E-state index in [1.54, 1.807) is 30.3 Å². The third kappa shape index (κ3) is 4.16. The molecule has 3 rings (SSSR count). The molecule has 0 aliphatic carbocycles. The number of ether oxygens (including phenoxy) is 2. The van der Waals surface area contributed by atoms with Gasteiger partial charge in [0.15, 0.2) is 0 Å². The lowest BCUT2D eigenvalue weighted by atomic mass is 10.1. The highest BCUT2D eigenvalue weighted by Crippen LogP contribution is 2.32. The summed E-state index contributed by atoms with van der Waals surface area (Å²) < 4.78 is 37.6. The summed E-state index contributed by atoms with van der Waals surface area (Å²) in [7, 11) is 0. The van der Waals surface area contributed by atoms with Crippen LogP contribution in [-0.4, -0.2) is 22.7 Å². The maximum Gasteiger partial charge on any atom is 0.387 e. The molecule has 148 valence electrons. The molecule has 4 nitrogen and oxygen atoms in total. The first-order valence-electron chi connectivity index (χ1n) is 9.04. The summed E-state index contributed by atoms with van der Waals surface area (Å²) in [5, 5.41) is 0.746. The normalized spacial score (nSPS) is 13.0. The van der Waals surface area contributed by atoms with Gasteiger partial charge in [-0.05, 0) is 52.0 Å². The van der Waals surface area contributed by atoms with Crippen LogP contribution in [0.5, 0.6) is 5.75 Å². The van der Waals surface area contributed by atoms with Gasteiger partial charge in [0.25, 0.3) is 0 Å². The Morgan fingerprint density at radius 3 is 2.43 bits per heavy atom. The Balaban J connectivity index is 2.02. The molecule has 0 spiro atoms. The van der Waals surface area contributed by atoms with Gasteiger partial charge in [-0.2, -0.15) is 8.78 Å². The first-order valence-corrected chi connectivity index (χ1v) is 9.04. The molecule has 0 saturated heterocycles. The minimum Gasteiger partial charge on any atom is -0.456 e. The van der Waals surface area contributed by atoms with Crippen LogP contribution in [-0.2, 0) is 4.74 Å². The van der Waals surface area contributed by atoms with E-state index in [0.29, 0.717) is 11.1 Å². The van der Waals surface area contributed by atoms with E-state index in [-0.39, 0.29) is 11.8 Å². The zero-order valence-corrected chi connectivity index (χ0v) is 16.3. The molecule has 0 saturated carbocycles. The number of benzene rings is 2. The average Bonchev–Trinajstić information content (AvgIpc) is 3.03. The van der Waals surface area contributed by atoms with Crippen LogP contribution in [0, 0.1) is 0 Å². The fourth-order valence-electron chi connectivity index (χ4n) is 3.22. The number of rotatable bonds is 5. The van der Waals surface area contributed by atoms with E-state index in [1.165, 1.54) is 6.07 Å². The molecule has 1 aromatic heterocycles. The summed E-state index contributed by atoms with van der Waals surface area (Å²) in [6, 6.07) is 13.7. The minimum absolute atomic E-state index is 0.134. The number of halogens is 2. The number of hydrogen-bond donors (Lipinski definition) is 0. The third-order valence-electron chi connectivity index (χ3n) is 4.38. The Bertz CT molecular complexity index is 989. The number of nitrogens with zero attached hydrogens (tertiary/aromatic N) is 1. The second kappa shape index (κ2) is 7.62. The van der Waals surface area contributed by atoms with Crippen LogP contribution in [0.25, 0.3) is 10.9 Å². The van der Waals surface area contributed by atoms with E-state index in [1.807, 2.05) is 50.6 Å². The maximum atomic E-state index is 12.8. The zero-order valence-electron chi connectivity index (χ0n) is 16.3. The summed E-state index contributed by atoms with van der Waals surface area (Å²) in [6.45, 7) is 4.45. The van der Waals surface area contributed by atoms with Crippen molar-refractivity contribution in [3.05, 3.63) is 65.9 Å². The molecule has 1 heterocycles. The lowest BCUT2D eigenvalue weighted by Gasteiger charge is -2.21. The fraction of sp³-hybridized carbons (Fsp3) is 0.318. The average molecular weight is 387 g/mol. The Kier molecular flexibility index (Phi) is 5.40. The molecule has 28 heavy (non-hydrogen) atoms. The molecule has 0 fully saturated rings. The van der Waals surface area contributed by atoms with Crippen LogP contribution in [0.2, 0.25) is 0 Å². The van der Waals surface area contributed by atoms with Crippen molar-refractivity contribution in [2.75, 3.05) is 0 Å². The van der Waals surface area contributed by atoms with Crippen molar-refractivity contribution in [3.63, 3.8) is 0 Å². The predicted molar refractivity (Wildman–Crippen MR) is 104 cm³/mol. The molecule has 0 aliphatic rings. The first kappa shape index (κ1) is 19.9. The number of hydrogen-bond acceptors (Lipinski definition) is 3. The Labute approximate surface area is 162 Å². The number of carbonyl (C=O) groups excluding carboxylic acids is 1. The molecular weight excluding hydrogens is 364 g/mol. The maximum absolute atomic E-state index is 12.8. The van der Waals surface area contributed by atoms with Gasteiger partial charge in [0.05, 0.1) is 11.6 Å². The largest absolute Gasteiger partial charge is 0.456 e. The molecule has 0 amide bonds. The number of esters is 1. The monoisotopic (exact) mass is 387 g/mol. The summed E-state index contributed by atoms with van der Waals surface area (Å²) in [4.78, 5) is 12.6. The second-order valence-corrected chi connectivity index (χ2v) is 7.56. The van der Waals surface area contributed by atoms with Gasteiger partial charge in [0, 0.05) is 22.7 Å². The predicted octanol–water partition coefficient (Wildman–Crippen LogP) is 5.81. The number of fused-ring (bicyclic) bond motifs is 1. The molecule has 0 N–H and O–H groups in total. The molecule has 0 unspecified atom stereocenters. The van der Waals surface area contributed by atoms with Gasteiger partial charge in [0.1, 0.15) is 11.4 Å². The van der Waals surface area contributed by atoms with E-state index in [0.717, 1.165) is 10.9 Å². The van der Waals surface area contributed by atoms with Gasteiger partial charge in [-0.3, -0.25) is 0 Å². The highest BCUT2D eigenvalue weighted by atomic mass is 19.3. The molecule has 0 aliphatic heterocycles. The van der Waals surface area contributed by atoms with Crippen LogP contribution in [0.4, 0.5) is 8.78 Å². The third-order valence-corrected chi connectivity index (χ3v) is 4.38.